The molecular formula is C14H18ClN3O3. The fraction of sp³-hybridized carbons (Fsp3) is 0.500. The quantitative estimate of drug-likeness (QED) is 0.452. The van der Waals surface area contributed by atoms with Crippen LogP contribution in [0.3, 0.4) is 0 Å². The minimum atomic E-state index is -0.560. The number of nitrogens with one attached hydrogen (secondary N) is 1. The lowest BCUT2D eigenvalue weighted by Gasteiger charge is -2.24. The largest absolute Gasteiger partial charge is 0.492 e. The van der Waals surface area contributed by atoms with Crippen LogP contribution in [0.4, 0.5) is 5.69 Å². The minimum absolute atomic E-state index is 0.0652. The Morgan fingerprint density at radius 1 is 1.57 bits per heavy atom. The van der Waals surface area contributed by atoms with Crippen LogP contribution in [0, 0.1) is 21.4 Å². The Bertz CT molecular complexity index is 539. The summed E-state index contributed by atoms with van der Waals surface area (Å²) in [6, 6.07) is 6.34. The number of ether oxygens (including phenoxy) is 1. The molecule has 1 N–H and O–H groups in total. The SMILES string of the molecule is CCC(C#N)(CCCOc1cc([N+](=O)[O-])ccc1Cl)NC. The summed E-state index contributed by atoms with van der Waals surface area (Å²) in [5, 5.41) is 23.2. The van der Waals surface area contributed by atoms with Crippen molar-refractivity contribution in [1.29, 1.82) is 5.26 Å². The van der Waals surface area contributed by atoms with Crippen molar-refractivity contribution in [1.82, 2.24) is 5.32 Å². The van der Waals surface area contributed by atoms with Gasteiger partial charge < -0.3 is 10.1 Å². The molecule has 0 heterocycles. The Kier molecular flexibility index (Phi) is 6.40. The smallest absolute Gasteiger partial charge is 0.273 e. The Morgan fingerprint density at radius 2 is 2.29 bits per heavy atom. The van der Waals surface area contributed by atoms with E-state index in [4.69, 9.17) is 16.3 Å². The Morgan fingerprint density at radius 3 is 2.81 bits per heavy atom. The maximum atomic E-state index is 10.7. The van der Waals surface area contributed by atoms with Gasteiger partial charge in [0, 0.05) is 6.07 Å². The van der Waals surface area contributed by atoms with E-state index in [0.29, 0.717) is 30.9 Å². The van der Waals surface area contributed by atoms with Crippen molar-refractivity contribution >= 4 is 17.3 Å². The standard InChI is InChI=1S/C14H18ClN3O3/c1-3-14(10-16,17-2)7-4-8-21-13-9-11(18(19)20)5-6-12(13)15/h5-6,9,17H,3-4,7-8H2,1-2H3. The van der Waals surface area contributed by atoms with Crippen LogP contribution in [-0.4, -0.2) is 24.1 Å². The fourth-order valence-corrected chi connectivity index (χ4v) is 2.11. The van der Waals surface area contributed by atoms with E-state index in [1.165, 1.54) is 18.2 Å². The molecule has 0 aliphatic heterocycles. The van der Waals surface area contributed by atoms with E-state index in [1.807, 2.05) is 6.92 Å². The van der Waals surface area contributed by atoms with Crippen LogP contribution in [-0.2, 0) is 0 Å². The van der Waals surface area contributed by atoms with E-state index >= 15 is 0 Å². The molecule has 1 rings (SSSR count). The molecule has 0 spiro atoms. The number of non-ortho nitro benzene ring substituents is 1. The van der Waals surface area contributed by atoms with Gasteiger partial charge in [0.25, 0.3) is 5.69 Å². The number of rotatable bonds is 8. The summed E-state index contributed by atoms with van der Waals surface area (Å²) in [5.41, 5.74) is -0.625. The van der Waals surface area contributed by atoms with Crippen molar-refractivity contribution in [2.75, 3.05) is 13.7 Å². The van der Waals surface area contributed by atoms with E-state index in [1.54, 1.807) is 7.05 Å². The van der Waals surface area contributed by atoms with Crippen molar-refractivity contribution in [3.05, 3.63) is 33.3 Å². The maximum absolute atomic E-state index is 10.7. The van der Waals surface area contributed by atoms with Crippen LogP contribution < -0.4 is 10.1 Å². The van der Waals surface area contributed by atoms with Gasteiger partial charge in [-0.25, -0.2) is 0 Å². The molecule has 114 valence electrons. The molecule has 0 radical (unpaired) electrons. The number of nitro benzene ring substituents is 1. The highest BCUT2D eigenvalue weighted by atomic mass is 35.5. The molecule has 1 unspecified atom stereocenters. The molecule has 1 atom stereocenters. The predicted molar refractivity (Wildman–Crippen MR) is 80.5 cm³/mol. The van der Waals surface area contributed by atoms with Gasteiger partial charge in [-0.2, -0.15) is 5.26 Å². The number of hydrogen-bond donors (Lipinski definition) is 1. The number of nitriles is 1. The second-order valence-electron chi connectivity index (χ2n) is 4.62. The number of nitro groups is 1. The van der Waals surface area contributed by atoms with Gasteiger partial charge in [-0.15, -0.1) is 0 Å². The van der Waals surface area contributed by atoms with Crippen molar-refractivity contribution in [3.63, 3.8) is 0 Å². The fourth-order valence-electron chi connectivity index (χ4n) is 1.94. The monoisotopic (exact) mass is 311 g/mol. The minimum Gasteiger partial charge on any atom is -0.492 e. The van der Waals surface area contributed by atoms with Gasteiger partial charge in [0.2, 0.25) is 0 Å². The molecule has 0 amide bonds. The zero-order valence-electron chi connectivity index (χ0n) is 12.1. The topological polar surface area (TPSA) is 88.2 Å². The highest BCUT2D eigenvalue weighted by Crippen LogP contribution is 2.29. The van der Waals surface area contributed by atoms with Gasteiger partial charge in [0.05, 0.1) is 28.7 Å². The molecule has 0 fully saturated rings. The first-order valence-electron chi connectivity index (χ1n) is 6.65. The number of halogens is 1. The van der Waals surface area contributed by atoms with Gasteiger partial charge >= 0.3 is 0 Å². The Hall–Kier alpha value is -1.84. The van der Waals surface area contributed by atoms with Crippen LogP contribution in [0.15, 0.2) is 18.2 Å². The zero-order chi connectivity index (χ0) is 15.9. The molecule has 1 aromatic rings. The van der Waals surface area contributed by atoms with E-state index in [2.05, 4.69) is 11.4 Å². The second-order valence-corrected chi connectivity index (χ2v) is 5.03. The number of benzene rings is 1. The highest BCUT2D eigenvalue weighted by Gasteiger charge is 2.24. The number of nitrogens with zero attached hydrogens (tertiary/aromatic N) is 2. The molecule has 0 aliphatic carbocycles. The van der Waals surface area contributed by atoms with Crippen LogP contribution in [0.2, 0.25) is 5.02 Å². The van der Waals surface area contributed by atoms with E-state index in [0.717, 1.165) is 0 Å². The van der Waals surface area contributed by atoms with Crippen LogP contribution in [0.1, 0.15) is 26.2 Å². The first-order valence-corrected chi connectivity index (χ1v) is 7.02. The summed E-state index contributed by atoms with van der Waals surface area (Å²) < 4.78 is 5.48. The third-order valence-electron chi connectivity index (χ3n) is 3.43. The molecule has 6 nitrogen and oxygen atoms in total. The summed E-state index contributed by atoms with van der Waals surface area (Å²) in [6.45, 7) is 2.28. The van der Waals surface area contributed by atoms with Crippen LogP contribution in [0.5, 0.6) is 5.75 Å². The Labute approximate surface area is 128 Å². The maximum Gasteiger partial charge on any atom is 0.273 e. The van der Waals surface area contributed by atoms with Gasteiger partial charge in [-0.3, -0.25) is 10.1 Å². The molecular weight excluding hydrogens is 294 g/mol. The summed E-state index contributed by atoms with van der Waals surface area (Å²) in [7, 11) is 1.75. The van der Waals surface area contributed by atoms with E-state index in [-0.39, 0.29) is 11.4 Å². The molecule has 7 heteroatoms. The third kappa shape index (κ3) is 4.59. The van der Waals surface area contributed by atoms with E-state index in [9.17, 15) is 15.4 Å². The van der Waals surface area contributed by atoms with Gasteiger partial charge in [-0.05, 0) is 32.4 Å². The molecule has 1 aromatic carbocycles. The van der Waals surface area contributed by atoms with Gasteiger partial charge in [0.1, 0.15) is 11.3 Å². The first kappa shape index (κ1) is 17.2. The third-order valence-corrected chi connectivity index (χ3v) is 3.74. The first-order chi connectivity index (χ1) is 9.98. The Balaban J connectivity index is 2.59. The summed E-state index contributed by atoms with van der Waals surface area (Å²) in [5.74, 6) is 0.286. The highest BCUT2D eigenvalue weighted by molar-refractivity contribution is 6.32. The average Bonchev–Trinajstić information content (AvgIpc) is 2.49. The summed E-state index contributed by atoms with van der Waals surface area (Å²) in [4.78, 5) is 10.2. The normalized spacial score (nSPS) is 13.2. The predicted octanol–water partition coefficient (Wildman–Crippen LogP) is 3.30. The molecule has 21 heavy (non-hydrogen) atoms. The summed E-state index contributed by atoms with van der Waals surface area (Å²) in [6.07, 6.45) is 1.96. The van der Waals surface area contributed by atoms with Crippen molar-refractivity contribution < 1.29 is 9.66 Å². The zero-order valence-corrected chi connectivity index (χ0v) is 12.8. The van der Waals surface area contributed by atoms with E-state index < -0.39 is 10.5 Å². The molecule has 0 bridgehead atoms. The van der Waals surface area contributed by atoms with Crippen molar-refractivity contribution in [3.8, 4) is 11.8 Å². The van der Waals surface area contributed by atoms with Crippen LogP contribution >= 0.6 is 11.6 Å². The lowest BCUT2D eigenvalue weighted by Crippen LogP contribution is -2.41. The van der Waals surface area contributed by atoms with Crippen molar-refractivity contribution in [2.45, 2.75) is 31.7 Å². The summed E-state index contributed by atoms with van der Waals surface area (Å²) >= 11 is 5.94. The molecule has 0 saturated carbocycles. The second kappa shape index (κ2) is 7.81. The van der Waals surface area contributed by atoms with Crippen LogP contribution in [0.25, 0.3) is 0 Å². The molecule has 0 saturated heterocycles. The lowest BCUT2D eigenvalue weighted by atomic mass is 9.92. The average molecular weight is 312 g/mol. The molecule has 0 aliphatic rings. The van der Waals surface area contributed by atoms with Gasteiger partial charge in [0.15, 0.2) is 0 Å². The number of hydrogen-bond acceptors (Lipinski definition) is 5. The lowest BCUT2D eigenvalue weighted by molar-refractivity contribution is -0.384. The molecule has 0 aromatic heterocycles. The van der Waals surface area contributed by atoms with Gasteiger partial charge in [-0.1, -0.05) is 18.5 Å². The van der Waals surface area contributed by atoms with Crippen molar-refractivity contribution in [2.24, 2.45) is 0 Å².